The topological polar surface area (TPSA) is 85.9 Å². The summed E-state index contributed by atoms with van der Waals surface area (Å²) in [5, 5.41) is 5.58. The van der Waals surface area contributed by atoms with Gasteiger partial charge in [0.05, 0.1) is 32.4 Å². The predicted octanol–water partition coefficient (Wildman–Crippen LogP) is 3.83. The van der Waals surface area contributed by atoms with Gasteiger partial charge in [-0.2, -0.15) is 0 Å². The van der Waals surface area contributed by atoms with Crippen LogP contribution in [-0.2, 0) is 9.53 Å². The maximum absolute atomic E-state index is 12.7. The number of allylic oxidation sites excluding steroid dienone is 1. The third kappa shape index (κ3) is 4.74. The summed E-state index contributed by atoms with van der Waals surface area (Å²) >= 11 is 3.45. The van der Waals surface area contributed by atoms with Crippen LogP contribution in [-0.4, -0.2) is 32.8 Å². The molecule has 0 radical (unpaired) electrons. The van der Waals surface area contributed by atoms with Crippen LogP contribution in [0.15, 0.2) is 27.9 Å². The summed E-state index contributed by atoms with van der Waals surface area (Å²) in [6.45, 7) is 4.03. The molecule has 0 bridgehead atoms. The number of benzene rings is 1. The van der Waals surface area contributed by atoms with Crippen LogP contribution in [0.1, 0.15) is 44.7 Å². The van der Waals surface area contributed by atoms with E-state index in [1.165, 1.54) is 14.2 Å². The van der Waals surface area contributed by atoms with Crippen LogP contribution in [0, 0.1) is 0 Å². The van der Waals surface area contributed by atoms with E-state index in [0.717, 1.165) is 17.3 Å². The van der Waals surface area contributed by atoms with Crippen molar-refractivity contribution < 1.29 is 23.8 Å². The van der Waals surface area contributed by atoms with E-state index in [4.69, 9.17) is 14.2 Å². The first-order valence-corrected chi connectivity index (χ1v) is 9.65. The van der Waals surface area contributed by atoms with E-state index in [0.29, 0.717) is 34.8 Å². The maximum Gasteiger partial charge on any atom is 0.338 e. The van der Waals surface area contributed by atoms with E-state index in [1.54, 1.807) is 19.1 Å². The van der Waals surface area contributed by atoms with Crippen molar-refractivity contribution in [3.8, 4) is 11.5 Å². The molecular formula is C19H25BrN2O5. The molecule has 1 unspecified atom stereocenters. The molecule has 0 saturated heterocycles. The summed E-state index contributed by atoms with van der Waals surface area (Å²) in [6, 6.07) is 2.47. The standard InChI is InChI=1S/C19H25BrN2O5/c1-5-7-8-13-15(18(23)27-6-2)16(22-19(24)21-13)12-9-11(20)10-14(25-3)17(12)26-4/h9-10,16H,5-8H2,1-4H3,(H2,21,22,24). The van der Waals surface area contributed by atoms with Gasteiger partial charge in [-0.05, 0) is 31.9 Å². The predicted molar refractivity (Wildman–Crippen MR) is 105 cm³/mol. The Bertz CT molecular complexity index is 748. The molecular weight excluding hydrogens is 416 g/mol. The fourth-order valence-corrected chi connectivity index (χ4v) is 3.48. The number of rotatable bonds is 8. The molecule has 1 heterocycles. The Balaban J connectivity index is 2.65. The van der Waals surface area contributed by atoms with Gasteiger partial charge < -0.3 is 24.8 Å². The Hall–Kier alpha value is -2.22. The average molecular weight is 441 g/mol. The number of nitrogens with one attached hydrogen (secondary N) is 2. The van der Waals surface area contributed by atoms with E-state index >= 15 is 0 Å². The highest BCUT2D eigenvalue weighted by Gasteiger charge is 2.36. The molecule has 8 heteroatoms. The molecule has 1 aliphatic heterocycles. The van der Waals surface area contributed by atoms with Crippen molar-refractivity contribution in [3.63, 3.8) is 0 Å². The van der Waals surface area contributed by atoms with Crippen LogP contribution in [0.25, 0.3) is 0 Å². The van der Waals surface area contributed by atoms with Crippen LogP contribution in [0.5, 0.6) is 11.5 Å². The molecule has 1 aromatic rings. The molecule has 148 valence electrons. The average Bonchev–Trinajstić information content (AvgIpc) is 2.65. The number of hydrogen-bond acceptors (Lipinski definition) is 5. The van der Waals surface area contributed by atoms with Crippen molar-refractivity contribution in [1.29, 1.82) is 0 Å². The summed E-state index contributed by atoms with van der Waals surface area (Å²) in [5.74, 6) is 0.472. The molecule has 7 nitrogen and oxygen atoms in total. The minimum absolute atomic E-state index is 0.239. The zero-order chi connectivity index (χ0) is 20.0. The first-order chi connectivity index (χ1) is 13.0. The third-order valence-electron chi connectivity index (χ3n) is 4.21. The number of carbonyl (C=O) groups is 2. The lowest BCUT2D eigenvalue weighted by atomic mass is 9.92. The molecule has 0 saturated carbocycles. The summed E-state index contributed by atoms with van der Waals surface area (Å²) in [6.07, 6.45) is 2.34. The van der Waals surface area contributed by atoms with Gasteiger partial charge in [-0.15, -0.1) is 0 Å². The Morgan fingerprint density at radius 3 is 2.56 bits per heavy atom. The molecule has 1 atom stereocenters. The first-order valence-electron chi connectivity index (χ1n) is 8.85. The number of halogens is 1. The van der Waals surface area contributed by atoms with Crippen LogP contribution >= 0.6 is 15.9 Å². The summed E-state index contributed by atoms with van der Waals surface area (Å²) < 4.78 is 16.9. The van der Waals surface area contributed by atoms with Gasteiger partial charge in [-0.3, -0.25) is 0 Å². The van der Waals surface area contributed by atoms with Gasteiger partial charge in [-0.1, -0.05) is 29.3 Å². The van der Waals surface area contributed by atoms with Crippen molar-refractivity contribution >= 4 is 27.9 Å². The minimum atomic E-state index is -0.717. The number of carbonyl (C=O) groups excluding carboxylic acids is 2. The second kappa shape index (κ2) is 9.64. The van der Waals surface area contributed by atoms with Gasteiger partial charge in [0.1, 0.15) is 0 Å². The van der Waals surface area contributed by atoms with Crippen molar-refractivity contribution in [2.75, 3.05) is 20.8 Å². The van der Waals surface area contributed by atoms with E-state index in [-0.39, 0.29) is 12.6 Å². The maximum atomic E-state index is 12.7. The molecule has 1 aromatic carbocycles. The molecule has 2 N–H and O–H groups in total. The lowest BCUT2D eigenvalue weighted by Gasteiger charge is -2.30. The number of methoxy groups -OCH3 is 2. The summed E-state index contributed by atoms with van der Waals surface area (Å²) in [4.78, 5) is 25.0. The van der Waals surface area contributed by atoms with Crippen LogP contribution in [0.2, 0.25) is 0 Å². The molecule has 0 aromatic heterocycles. The number of amides is 2. The Morgan fingerprint density at radius 2 is 1.96 bits per heavy atom. The fraction of sp³-hybridized carbons (Fsp3) is 0.474. The zero-order valence-electron chi connectivity index (χ0n) is 16.0. The molecule has 27 heavy (non-hydrogen) atoms. The molecule has 2 rings (SSSR count). The Morgan fingerprint density at radius 1 is 1.22 bits per heavy atom. The van der Waals surface area contributed by atoms with Crippen LogP contribution < -0.4 is 20.1 Å². The van der Waals surface area contributed by atoms with Crippen LogP contribution in [0.4, 0.5) is 4.79 Å². The highest BCUT2D eigenvalue weighted by Crippen LogP contribution is 2.41. The zero-order valence-corrected chi connectivity index (χ0v) is 17.6. The van der Waals surface area contributed by atoms with Gasteiger partial charge >= 0.3 is 12.0 Å². The summed E-state index contributed by atoms with van der Waals surface area (Å²) in [5.41, 5.74) is 1.56. The number of urea groups is 1. The first kappa shape index (κ1) is 21.1. The van der Waals surface area contributed by atoms with Gasteiger partial charge in [0.25, 0.3) is 0 Å². The molecule has 2 amide bonds. The second-order valence-corrected chi connectivity index (χ2v) is 6.89. The van der Waals surface area contributed by atoms with E-state index in [9.17, 15) is 9.59 Å². The normalized spacial score (nSPS) is 16.5. The highest BCUT2D eigenvalue weighted by molar-refractivity contribution is 9.10. The number of esters is 1. The van der Waals surface area contributed by atoms with Gasteiger partial charge in [-0.25, -0.2) is 9.59 Å². The minimum Gasteiger partial charge on any atom is -0.493 e. The summed E-state index contributed by atoms with van der Waals surface area (Å²) in [7, 11) is 3.05. The monoisotopic (exact) mass is 440 g/mol. The quantitative estimate of drug-likeness (QED) is 0.599. The number of unbranched alkanes of at least 4 members (excludes halogenated alkanes) is 1. The van der Waals surface area contributed by atoms with Crippen LogP contribution in [0.3, 0.4) is 0 Å². The third-order valence-corrected chi connectivity index (χ3v) is 4.67. The molecule has 0 fully saturated rings. The van der Waals surface area contributed by atoms with Crippen molar-refractivity contribution in [2.24, 2.45) is 0 Å². The lowest BCUT2D eigenvalue weighted by Crippen LogP contribution is -2.46. The Kier molecular flexibility index (Phi) is 7.53. The van der Waals surface area contributed by atoms with Gasteiger partial charge in [0.2, 0.25) is 0 Å². The number of ether oxygens (including phenoxy) is 3. The Labute approximate surface area is 167 Å². The molecule has 1 aliphatic rings. The van der Waals surface area contributed by atoms with Crippen molar-refractivity contribution in [1.82, 2.24) is 10.6 Å². The van der Waals surface area contributed by atoms with E-state index in [1.807, 2.05) is 6.92 Å². The van der Waals surface area contributed by atoms with Gasteiger partial charge in [0.15, 0.2) is 11.5 Å². The van der Waals surface area contributed by atoms with E-state index in [2.05, 4.69) is 26.6 Å². The van der Waals surface area contributed by atoms with Crippen molar-refractivity contribution in [2.45, 2.75) is 39.2 Å². The smallest absolute Gasteiger partial charge is 0.338 e. The highest BCUT2D eigenvalue weighted by atomic mass is 79.9. The molecule has 0 aliphatic carbocycles. The lowest BCUT2D eigenvalue weighted by molar-refractivity contribution is -0.139. The van der Waals surface area contributed by atoms with E-state index < -0.39 is 12.0 Å². The second-order valence-electron chi connectivity index (χ2n) is 5.98. The molecule has 0 spiro atoms. The SMILES string of the molecule is CCCCC1=C(C(=O)OCC)C(c2cc(Br)cc(OC)c2OC)NC(=O)N1. The largest absolute Gasteiger partial charge is 0.493 e. The van der Waals surface area contributed by atoms with Gasteiger partial charge in [0, 0.05) is 15.7 Å². The fourth-order valence-electron chi connectivity index (χ4n) is 3.03. The number of hydrogen-bond donors (Lipinski definition) is 2. The van der Waals surface area contributed by atoms with Crippen molar-refractivity contribution in [3.05, 3.63) is 33.4 Å².